The minimum absolute atomic E-state index is 0.118. The molecule has 2 aromatic carbocycles. The minimum atomic E-state index is -0.707. The predicted molar refractivity (Wildman–Crippen MR) is 143 cm³/mol. The van der Waals surface area contributed by atoms with Crippen LogP contribution in [0.15, 0.2) is 89.0 Å². The van der Waals surface area contributed by atoms with Crippen molar-refractivity contribution in [2.45, 2.75) is 51.1 Å². The van der Waals surface area contributed by atoms with Gasteiger partial charge in [-0.1, -0.05) is 85.6 Å². The molecule has 36 heavy (non-hydrogen) atoms. The van der Waals surface area contributed by atoms with Gasteiger partial charge in [0.25, 0.3) is 0 Å². The van der Waals surface area contributed by atoms with E-state index in [1.165, 1.54) is 0 Å². The first kappa shape index (κ1) is 25.8. The van der Waals surface area contributed by atoms with Gasteiger partial charge in [-0.25, -0.2) is 0 Å². The van der Waals surface area contributed by atoms with Crippen LogP contribution >= 0.6 is 11.6 Å². The lowest BCUT2D eigenvalue weighted by Crippen LogP contribution is -2.52. The van der Waals surface area contributed by atoms with Crippen LogP contribution in [0.1, 0.15) is 43.4 Å². The summed E-state index contributed by atoms with van der Waals surface area (Å²) in [7, 11) is 1.73. The van der Waals surface area contributed by atoms with Crippen LogP contribution in [0.2, 0.25) is 0 Å². The van der Waals surface area contributed by atoms with E-state index in [1.54, 1.807) is 24.3 Å². The number of carbonyl (C=O) groups is 2. The number of hydrogen-bond acceptors (Lipinski definition) is 3. The average molecular weight is 505 g/mol. The lowest BCUT2D eigenvalue weighted by atomic mass is 9.81. The summed E-state index contributed by atoms with van der Waals surface area (Å²) >= 11 is 6.16. The molecule has 6 heteroatoms. The highest BCUT2D eigenvalue weighted by molar-refractivity contribution is 6.29. The summed E-state index contributed by atoms with van der Waals surface area (Å²) in [6.07, 6.45) is 5.84. The Kier molecular flexibility index (Phi) is 8.32. The van der Waals surface area contributed by atoms with Crippen LogP contribution in [0.25, 0.3) is 11.1 Å². The number of furan rings is 1. The summed E-state index contributed by atoms with van der Waals surface area (Å²) in [5.41, 5.74) is 2.61. The Morgan fingerprint density at radius 2 is 1.69 bits per heavy atom. The van der Waals surface area contributed by atoms with Crippen molar-refractivity contribution in [1.82, 2.24) is 10.2 Å². The monoisotopic (exact) mass is 504 g/mol. The zero-order valence-corrected chi connectivity index (χ0v) is 21.5. The third kappa shape index (κ3) is 6.27. The number of benzene rings is 2. The lowest BCUT2D eigenvalue weighted by molar-refractivity contribution is -0.139. The normalized spacial score (nSPS) is 15.3. The standard InChI is InChI=1S/C30H33ClN2O3/c1-22(31)20-30(16-6-7-17-30)29(35)32-27(28(34)33(2)21-26-11-8-18-36-26)19-23-12-14-25(15-13-23)24-9-4-3-5-10-24/h3-5,8-15,18,27H,1,6-7,16-17,19-21H2,2H3,(H,32,35). The first-order chi connectivity index (χ1) is 17.4. The Bertz CT molecular complexity index is 1170. The lowest BCUT2D eigenvalue weighted by Gasteiger charge is -2.31. The molecule has 0 spiro atoms. The van der Waals surface area contributed by atoms with E-state index in [0.29, 0.717) is 30.2 Å². The predicted octanol–water partition coefficient (Wildman–Crippen LogP) is 6.34. The van der Waals surface area contributed by atoms with Gasteiger partial charge in [-0.3, -0.25) is 9.59 Å². The van der Waals surface area contributed by atoms with Crippen LogP contribution in [-0.4, -0.2) is 29.8 Å². The average Bonchev–Trinajstić information content (AvgIpc) is 3.57. The number of carbonyl (C=O) groups excluding carboxylic acids is 2. The molecule has 2 amide bonds. The third-order valence-electron chi connectivity index (χ3n) is 7.03. The largest absolute Gasteiger partial charge is 0.467 e. The highest BCUT2D eigenvalue weighted by Crippen LogP contribution is 2.44. The van der Waals surface area contributed by atoms with E-state index in [4.69, 9.17) is 16.0 Å². The first-order valence-electron chi connectivity index (χ1n) is 12.4. The van der Waals surface area contributed by atoms with Gasteiger partial charge in [0.05, 0.1) is 18.2 Å². The van der Waals surface area contributed by atoms with E-state index in [-0.39, 0.29) is 11.8 Å². The molecule has 0 radical (unpaired) electrons. The van der Waals surface area contributed by atoms with Gasteiger partial charge in [0.2, 0.25) is 11.8 Å². The summed E-state index contributed by atoms with van der Waals surface area (Å²) in [5, 5.41) is 3.57. The summed E-state index contributed by atoms with van der Waals surface area (Å²) < 4.78 is 5.42. The van der Waals surface area contributed by atoms with Crippen LogP contribution in [0.5, 0.6) is 0 Å². The van der Waals surface area contributed by atoms with E-state index in [0.717, 1.165) is 42.4 Å². The van der Waals surface area contributed by atoms with Gasteiger partial charge in [-0.15, -0.1) is 0 Å². The molecule has 1 heterocycles. The number of rotatable bonds is 10. The molecule has 1 N–H and O–H groups in total. The van der Waals surface area contributed by atoms with E-state index < -0.39 is 11.5 Å². The number of allylic oxidation sites excluding steroid dienone is 1. The molecule has 0 bridgehead atoms. The van der Waals surface area contributed by atoms with Crippen molar-refractivity contribution in [3.8, 4) is 11.1 Å². The Morgan fingerprint density at radius 3 is 2.31 bits per heavy atom. The molecule has 3 aromatic rings. The van der Waals surface area contributed by atoms with Crippen LogP contribution in [0, 0.1) is 5.41 Å². The molecular weight excluding hydrogens is 472 g/mol. The van der Waals surface area contributed by atoms with Crippen molar-refractivity contribution in [1.29, 1.82) is 0 Å². The van der Waals surface area contributed by atoms with Crippen molar-refractivity contribution in [2.24, 2.45) is 5.41 Å². The van der Waals surface area contributed by atoms with Crippen molar-refractivity contribution >= 4 is 23.4 Å². The molecule has 0 saturated heterocycles. The summed E-state index contributed by atoms with van der Waals surface area (Å²) in [4.78, 5) is 28.8. The second kappa shape index (κ2) is 11.6. The van der Waals surface area contributed by atoms with E-state index in [9.17, 15) is 9.59 Å². The maximum Gasteiger partial charge on any atom is 0.245 e. The Balaban J connectivity index is 1.54. The number of nitrogens with zero attached hydrogens (tertiary/aromatic N) is 1. The van der Waals surface area contributed by atoms with Crippen molar-refractivity contribution < 1.29 is 14.0 Å². The molecule has 1 aromatic heterocycles. The van der Waals surface area contributed by atoms with E-state index in [1.807, 2.05) is 36.4 Å². The molecule has 1 fully saturated rings. The molecule has 188 valence electrons. The Labute approximate surface area is 218 Å². The maximum atomic E-state index is 13.6. The first-order valence-corrected chi connectivity index (χ1v) is 12.8. The van der Waals surface area contributed by atoms with Crippen LogP contribution < -0.4 is 5.32 Å². The smallest absolute Gasteiger partial charge is 0.245 e. The highest BCUT2D eigenvalue weighted by atomic mass is 35.5. The SMILES string of the molecule is C=C(Cl)CC1(C(=O)NC(Cc2ccc(-c3ccccc3)cc2)C(=O)N(C)Cc2ccco2)CCCC1. The molecule has 1 aliphatic carbocycles. The van der Waals surface area contributed by atoms with Crippen molar-refractivity contribution in [3.05, 3.63) is 95.9 Å². The summed E-state index contributed by atoms with van der Waals surface area (Å²) in [6, 6.07) is 21.2. The van der Waals surface area contributed by atoms with E-state index in [2.05, 4.69) is 36.2 Å². The van der Waals surface area contributed by atoms with Gasteiger partial charge >= 0.3 is 0 Å². The molecule has 1 atom stereocenters. The third-order valence-corrected chi connectivity index (χ3v) is 7.16. The number of likely N-dealkylation sites (N-methyl/N-ethyl adjacent to an activating group) is 1. The molecule has 1 saturated carbocycles. The Morgan fingerprint density at radius 1 is 1.03 bits per heavy atom. The molecular formula is C30H33ClN2O3. The van der Waals surface area contributed by atoms with E-state index >= 15 is 0 Å². The number of halogens is 1. The Hall–Kier alpha value is -3.31. The van der Waals surface area contributed by atoms with Crippen molar-refractivity contribution in [2.75, 3.05) is 7.05 Å². The van der Waals surface area contributed by atoms with Gasteiger partial charge < -0.3 is 14.6 Å². The second-order valence-corrected chi connectivity index (χ2v) is 10.3. The molecule has 1 unspecified atom stereocenters. The number of nitrogens with one attached hydrogen (secondary N) is 1. The fourth-order valence-corrected chi connectivity index (χ4v) is 5.35. The van der Waals surface area contributed by atoms with Crippen LogP contribution in [-0.2, 0) is 22.6 Å². The zero-order chi connectivity index (χ0) is 25.5. The molecule has 0 aliphatic heterocycles. The van der Waals surface area contributed by atoms with Crippen LogP contribution in [0.4, 0.5) is 0 Å². The van der Waals surface area contributed by atoms with Gasteiger partial charge in [0.15, 0.2) is 0 Å². The fraction of sp³-hybridized carbons (Fsp3) is 0.333. The van der Waals surface area contributed by atoms with Gasteiger partial charge in [-0.05, 0) is 48.1 Å². The quantitative estimate of drug-likeness (QED) is 0.350. The van der Waals surface area contributed by atoms with Crippen LogP contribution in [0.3, 0.4) is 0 Å². The fourth-order valence-electron chi connectivity index (χ4n) is 5.09. The zero-order valence-electron chi connectivity index (χ0n) is 20.7. The van der Waals surface area contributed by atoms with Crippen molar-refractivity contribution in [3.63, 3.8) is 0 Å². The van der Waals surface area contributed by atoms with Gasteiger partial charge in [-0.2, -0.15) is 0 Å². The van der Waals surface area contributed by atoms with Gasteiger partial charge in [0.1, 0.15) is 11.8 Å². The molecule has 1 aliphatic rings. The topological polar surface area (TPSA) is 62.6 Å². The summed E-state index contributed by atoms with van der Waals surface area (Å²) in [5.74, 6) is 0.408. The minimum Gasteiger partial charge on any atom is -0.467 e. The maximum absolute atomic E-state index is 13.6. The van der Waals surface area contributed by atoms with Gasteiger partial charge in [0, 0.05) is 18.5 Å². The summed E-state index contributed by atoms with van der Waals surface area (Å²) in [6.45, 7) is 4.16. The number of amides is 2. The second-order valence-electron chi connectivity index (χ2n) is 9.75. The number of hydrogen-bond donors (Lipinski definition) is 1. The highest BCUT2D eigenvalue weighted by Gasteiger charge is 2.42. The molecule has 4 rings (SSSR count). The molecule has 5 nitrogen and oxygen atoms in total.